The normalized spacial score (nSPS) is 19.6. The fraction of sp³-hybridized carbons (Fsp3) is 0.333. The number of benzene rings is 1. The number of allylic oxidation sites excluding steroid dienone is 1. The Bertz CT molecular complexity index is 616. The number of hydrogen-bond acceptors (Lipinski definition) is 3. The molecule has 0 bridgehead atoms. The van der Waals surface area contributed by atoms with Crippen molar-refractivity contribution in [2.24, 2.45) is 0 Å². The molecule has 0 heterocycles. The van der Waals surface area contributed by atoms with Gasteiger partial charge in [0, 0.05) is 11.1 Å². The van der Waals surface area contributed by atoms with Crippen molar-refractivity contribution in [1.29, 1.82) is 0 Å². The molecule has 2 rings (SSSR count). The van der Waals surface area contributed by atoms with Crippen LogP contribution in [0.15, 0.2) is 29.2 Å². The lowest BCUT2D eigenvalue weighted by atomic mass is 10.0. The molecular weight excluding hydrogens is 291 g/mol. The van der Waals surface area contributed by atoms with Gasteiger partial charge in [-0.05, 0) is 31.4 Å². The third kappa shape index (κ3) is 3.26. The van der Waals surface area contributed by atoms with E-state index in [-0.39, 0.29) is 16.8 Å². The second-order valence-electron chi connectivity index (χ2n) is 4.41. The summed E-state index contributed by atoms with van der Waals surface area (Å²) in [7, 11) is -3.96. The van der Waals surface area contributed by atoms with Crippen molar-refractivity contribution in [1.82, 2.24) is 4.72 Å². The number of hydrogen-bond donors (Lipinski definition) is 2. The summed E-state index contributed by atoms with van der Waals surface area (Å²) in [6, 6.07) is 2.02. The lowest BCUT2D eigenvalue weighted by Gasteiger charge is -2.19. The summed E-state index contributed by atoms with van der Waals surface area (Å²) < 4.78 is 40.6. The first kappa shape index (κ1) is 14.3. The predicted octanol–water partition coefficient (Wildman–Crippen LogP) is 2.45. The van der Waals surface area contributed by atoms with Crippen LogP contribution < -0.4 is 10.5 Å². The first-order valence-electron chi connectivity index (χ1n) is 5.82. The maximum atomic E-state index is 13.8. The van der Waals surface area contributed by atoms with Crippen LogP contribution in [0.3, 0.4) is 0 Å². The molecule has 0 radical (unpaired) electrons. The Labute approximate surface area is 116 Å². The van der Waals surface area contributed by atoms with E-state index in [0.29, 0.717) is 12.8 Å². The topological polar surface area (TPSA) is 72.2 Å². The molecular formula is C12H14ClFN2O2S. The van der Waals surface area contributed by atoms with Crippen LogP contribution >= 0.6 is 11.6 Å². The Kier molecular flexibility index (Phi) is 4.13. The van der Waals surface area contributed by atoms with Gasteiger partial charge in [-0.15, -0.1) is 0 Å². The third-order valence-corrected chi connectivity index (χ3v) is 4.65. The van der Waals surface area contributed by atoms with Crippen molar-refractivity contribution in [3.63, 3.8) is 0 Å². The molecule has 1 aromatic rings. The number of sulfonamides is 1. The molecule has 0 aromatic heterocycles. The smallest absolute Gasteiger partial charge is 0.243 e. The van der Waals surface area contributed by atoms with Crippen LogP contribution in [0.5, 0.6) is 0 Å². The van der Waals surface area contributed by atoms with Gasteiger partial charge in [0.15, 0.2) is 5.82 Å². The lowest BCUT2D eigenvalue weighted by molar-refractivity contribution is 0.514. The maximum Gasteiger partial charge on any atom is 0.243 e. The van der Waals surface area contributed by atoms with Gasteiger partial charge < -0.3 is 5.73 Å². The van der Waals surface area contributed by atoms with E-state index >= 15 is 0 Å². The molecule has 1 aliphatic carbocycles. The number of anilines is 1. The molecule has 0 amide bonds. The van der Waals surface area contributed by atoms with Gasteiger partial charge >= 0.3 is 0 Å². The van der Waals surface area contributed by atoms with Crippen LogP contribution in [0.4, 0.5) is 10.1 Å². The van der Waals surface area contributed by atoms with Crippen molar-refractivity contribution in [3.05, 3.63) is 35.1 Å². The number of nitrogen functional groups attached to an aromatic ring is 1. The second-order valence-corrected chi connectivity index (χ2v) is 6.53. The van der Waals surface area contributed by atoms with Crippen molar-refractivity contribution in [2.45, 2.75) is 30.2 Å². The Morgan fingerprint density at radius 1 is 1.37 bits per heavy atom. The summed E-state index contributed by atoms with van der Waals surface area (Å²) in [4.78, 5) is -0.507. The molecule has 0 fully saturated rings. The lowest BCUT2D eigenvalue weighted by Crippen LogP contribution is -2.35. The number of nitrogens with two attached hydrogens (primary N) is 1. The predicted molar refractivity (Wildman–Crippen MR) is 72.9 cm³/mol. The Morgan fingerprint density at radius 2 is 2.11 bits per heavy atom. The SMILES string of the molecule is Nc1cc(Cl)cc(S(=O)(=O)NC2CC=CCC2)c1F. The first-order valence-corrected chi connectivity index (χ1v) is 7.68. The Balaban J connectivity index is 2.31. The van der Waals surface area contributed by atoms with E-state index in [1.165, 1.54) is 6.07 Å². The van der Waals surface area contributed by atoms with Crippen LogP contribution in [0.2, 0.25) is 5.02 Å². The maximum absolute atomic E-state index is 13.8. The van der Waals surface area contributed by atoms with Gasteiger partial charge in [0.25, 0.3) is 0 Å². The van der Waals surface area contributed by atoms with Crippen LogP contribution in [0.1, 0.15) is 19.3 Å². The highest BCUT2D eigenvalue weighted by Crippen LogP contribution is 2.26. The molecule has 3 N–H and O–H groups in total. The van der Waals surface area contributed by atoms with Gasteiger partial charge in [0.05, 0.1) is 5.69 Å². The molecule has 104 valence electrons. The zero-order valence-electron chi connectivity index (χ0n) is 10.1. The average molecular weight is 305 g/mol. The number of nitrogens with one attached hydrogen (secondary N) is 1. The highest BCUT2D eigenvalue weighted by atomic mass is 35.5. The zero-order chi connectivity index (χ0) is 14.0. The molecule has 0 saturated heterocycles. The van der Waals surface area contributed by atoms with E-state index in [2.05, 4.69) is 4.72 Å². The van der Waals surface area contributed by atoms with Crippen LogP contribution in [-0.4, -0.2) is 14.5 Å². The minimum Gasteiger partial charge on any atom is -0.396 e. The molecule has 0 spiro atoms. The Hall–Kier alpha value is -1.11. The second kappa shape index (κ2) is 5.48. The molecule has 0 saturated carbocycles. The quantitative estimate of drug-likeness (QED) is 0.665. The molecule has 1 unspecified atom stereocenters. The summed E-state index contributed by atoms with van der Waals surface area (Å²) >= 11 is 5.72. The van der Waals surface area contributed by atoms with Crippen LogP contribution in [-0.2, 0) is 10.0 Å². The van der Waals surface area contributed by atoms with E-state index < -0.39 is 20.7 Å². The van der Waals surface area contributed by atoms with Gasteiger partial charge in [-0.3, -0.25) is 0 Å². The fourth-order valence-corrected chi connectivity index (χ4v) is 3.67. The minimum atomic E-state index is -3.96. The highest BCUT2D eigenvalue weighted by molar-refractivity contribution is 7.89. The fourth-order valence-electron chi connectivity index (χ4n) is 1.96. The summed E-state index contributed by atoms with van der Waals surface area (Å²) in [5.41, 5.74) is 5.11. The van der Waals surface area contributed by atoms with Crippen LogP contribution in [0.25, 0.3) is 0 Å². The highest BCUT2D eigenvalue weighted by Gasteiger charge is 2.25. The van der Waals surface area contributed by atoms with Gasteiger partial charge in [-0.2, -0.15) is 0 Å². The Morgan fingerprint density at radius 3 is 2.74 bits per heavy atom. The molecule has 7 heteroatoms. The van der Waals surface area contributed by atoms with E-state index in [1.807, 2.05) is 12.2 Å². The van der Waals surface area contributed by atoms with E-state index in [9.17, 15) is 12.8 Å². The summed E-state index contributed by atoms with van der Waals surface area (Å²) in [6.45, 7) is 0. The van der Waals surface area contributed by atoms with E-state index in [4.69, 9.17) is 17.3 Å². The summed E-state index contributed by atoms with van der Waals surface area (Å²) in [6.07, 6.45) is 5.97. The largest absolute Gasteiger partial charge is 0.396 e. The first-order chi connectivity index (χ1) is 8.90. The third-order valence-electron chi connectivity index (χ3n) is 2.91. The summed E-state index contributed by atoms with van der Waals surface area (Å²) in [5, 5.41) is 0.0859. The molecule has 0 aliphatic heterocycles. The molecule has 19 heavy (non-hydrogen) atoms. The van der Waals surface area contributed by atoms with Crippen molar-refractivity contribution in [3.8, 4) is 0 Å². The van der Waals surface area contributed by atoms with Crippen molar-refractivity contribution in [2.75, 3.05) is 5.73 Å². The zero-order valence-corrected chi connectivity index (χ0v) is 11.6. The number of halogens is 2. The molecule has 1 aromatic carbocycles. The average Bonchev–Trinajstić information content (AvgIpc) is 2.34. The van der Waals surface area contributed by atoms with Gasteiger partial charge in [-0.1, -0.05) is 23.8 Å². The van der Waals surface area contributed by atoms with Crippen molar-refractivity contribution >= 4 is 27.3 Å². The van der Waals surface area contributed by atoms with Gasteiger partial charge in [0.2, 0.25) is 10.0 Å². The monoisotopic (exact) mass is 304 g/mol. The summed E-state index contributed by atoms with van der Waals surface area (Å²) in [5.74, 6) is -0.969. The molecule has 4 nitrogen and oxygen atoms in total. The van der Waals surface area contributed by atoms with Gasteiger partial charge in [-0.25, -0.2) is 17.5 Å². The van der Waals surface area contributed by atoms with E-state index in [1.54, 1.807) is 0 Å². The number of rotatable bonds is 3. The van der Waals surface area contributed by atoms with Gasteiger partial charge in [0.1, 0.15) is 4.90 Å². The molecule has 1 aliphatic rings. The molecule has 1 atom stereocenters. The van der Waals surface area contributed by atoms with Crippen LogP contribution in [0, 0.1) is 5.82 Å². The van der Waals surface area contributed by atoms with E-state index in [0.717, 1.165) is 12.5 Å². The van der Waals surface area contributed by atoms with Crippen molar-refractivity contribution < 1.29 is 12.8 Å². The minimum absolute atomic E-state index is 0.0859. The standard InChI is InChI=1S/C12H14ClFN2O2S/c13-8-6-10(15)12(14)11(7-8)19(17,18)16-9-4-2-1-3-5-9/h1-2,6-7,9,16H,3-5,15H2.